The predicted molar refractivity (Wildman–Crippen MR) is 71.2 cm³/mol. The standard InChI is InChI=1S/C14H21N3O/c1-10-7-12(8-16-11(10)2)9-17-13-3-4-14(18)15-6-5-13/h7-8,13,17H,3-6,9H2,1-2H3,(H,15,18). The summed E-state index contributed by atoms with van der Waals surface area (Å²) in [5.41, 5.74) is 3.52. The van der Waals surface area contributed by atoms with Crippen molar-refractivity contribution in [3.05, 3.63) is 29.1 Å². The van der Waals surface area contributed by atoms with Crippen LogP contribution in [0.3, 0.4) is 0 Å². The molecule has 2 heterocycles. The maximum absolute atomic E-state index is 11.2. The molecule has 0 aliphatic carbocycles. The minimum Gasteiger partial charge on any atom is -0.356 e. The molecular formula is C14H21N3O. The molecule has 1 amide bonds. The highest BCUT2D eigenvalue weighted by Crippen LogP contribution is 2.09. The molecule has 1 aromatic heterocycles. The SMILES string of the molecule is Cc1cc(CNC2CCNC(=O)CC2)cnc1C. The van der Waals surface area contributed by atoms with Gasteiger partial charge in [0.15, 0.2) is 0 Å². The monoisotopic (exact) mass is 247 g/mol. The quantitative estimate of drug-likeness (QED) is 0.850. The van der Waals surface area contributed by atoms with Gasteiger partial charge in [-0.15, -0.1) is 0 Å². The van der Waals surface area contributed by atoms with Crippen LogP contribution in [0.4, 0.5) is 0 Å². The highest BCUT2D eigenvalue weighted by Gasteiger charge is 2.15. The smallest absolute Gasteiger partial charge is 0.220 e. The lowest BCUT2D eigenvalue weighted by Crippen LogP contribution is -2.29. The summed E-state index contributed by atoms with van der Waals surface area (Å²) in [5.74, 6) is 0.173. The van der Waals surface area contributed by atoms with E-state index in [4.69, 9.17) is 0 Å². The average Bonchev–Trinajstić information content (AvgIpc) is 2.56. The Bertz CT molecular complexity index is 431. The first-order valence-electron chi connectivity index (χ1n) is 6.57. The Morgan fingerprint density at radius 3 is 3.06 bits per heavy atom. The van der Waals surface area contributed by atoms with Gasteiger partial charge in [0, 0.05) is 37.4 Å². The van der Waals surface area contributed by atoms with Gasteiger partial charge in [-0.2, -0.15) is 0 Å². The molecule has 18 heavy (non-hydrogen) atoms. The molecule has 1 saturated heterocycles. The molecule has 1 unspecified atom stereocenters. The van der Waals surface area contributed by atoms with Crippen LogP contribution in [-0.2, 0) is 11.3 Å². The molecule has 98 valence electrons. The molecule has 4 heteroatoms. The van der Waals surface area contributed by atoms with Gasteiger partial charge in [-0.3, -0.25) is 9.78 Å². The van der Waals surface area contributed by atoms with Crippen molar-refractivity contribution in [3.8, 4) is 0 Å². The van der Waals surface area contributed by atoms with Crippen LogP contribution in [-0.4, -0.2) is 23.5 Å². The van der Waals surface area contributed by atoms with Gasteiger partial charge in [-0.05, 0) is 37.8 Å². The van der Waals surface area contributed by atoms with Crippen LogP contribution in [0.15, 0.2) is 12.3 Å². The van der Waals surface area contributed by atoms with E-state index in [-0.39, 0.29) is 5.91 Å². The summed E-state index contributed by atoms with van der Waals surface area (Å²) in [6, 6.07) is 2.60. The second-order valence-corrected chi connectivity index (χ2v) is 5.00. The number of pyridine rings is 1. The number of hydrogen-bond acceptors (Lipinski definition) is 3. The van der Waals surface area contributed by atoms with Gasteiger partial charge >= 0.3 is 0 Å². The molecule has 0 radical (unpaired) electrons. The summed E-state index contributed by atoms with van der Waals surface area (Å²) in [6.45, 7) is 5.71. The summed E-state index contributed by atoms with van der Waals surface area (Å²) in [4.78, 5) is 15.6. The third-order valence-corrected chi connectivity index (χ3v) is 3.53. The van der Waals surface area contributed by atoms with Gasteiger partial charge < -0.3 is 10.6 Å². The molecule has 4 nitrogen and oxygen atoms in total. The third kappa shape index (κ3) is 3.53. The first kappa shape index (κ1) is 13.0. The second-order valence-electron chi connectivity index (χ2n) is 5.00. The first-order valence-corrected chi connectivity index (χ1v) is 6.57. The summed E-state index contributed by atoms with van der Waals surface area (Å²) in [7, 11) is 0. The van der Waals surface area contributed by atoms with Crippen LogP contribution in [0, 0.1) is 13.8 Å². The number of aryl methyl sites for hydroxylation is 2. The minimum absolute atomic E-state index is 0.173. The Morgan fingerprint density at radius 1 is 1.44 bits per heavy atom. The van der Waals surface area contributed by atoms with Crippen molar-refractivity contribution in [3.63, 3.8) is 0 Å². The lowest BCUT2D eigenvalue weighted by Gasteiger charge is -2.15. The topological polar surface area (TPSA) is 54.0 Å². The molecule has 1 fully saturated rings. The fraction of sp³-hybridized carbons (Fsp3) is 0.571. The first-order chi connectivity index (χ1) is 8.65. The fourth-order valence-electron chi connectivity index (χ4n) is 2.19. The number of nitrogens with zero attached hydrogens (tertiary/aromatic N) is 1. The van der Waals surface area contributed by atoms with Gasteiger partial charge in [-0.1, -0.05) is 6.07 Å². The van der Waals surface area contributed by atoms with E-state index in [0.717, 1.165) is 31.6 Å². The predicted octanol–water partition coefficient (Wildman–Crippen LogP) is 1.46. The van der Waals surface area contributed by atoms with E-state index in [1.165, 1.54) is 11.1 Å². The highest BCUT2D eigenvalue weighted by atomic mass is 16.1. The van der Waals surface area contributed by atoms with Gasteiger partial charge in [0.1, 0.15) is 0 Å². The number of carbonyl (C=O) groups excluding carboxylic acids is 1. The Hall–Kier alpha value is -1.42. The zero-order chi connectivity index (χ0) is 13.0. The highest BCUT2D eigenvalue weighted by molar-refractivity contribution is 5.76. The fourth-order valence-corrected chi connectivity index (χ4v) is 2.19. The van der Waals surface area contributed by atoms with Crippen LogP contribution in [0.25, 0.3) is 0 Å². The molecule has 1 aliphatic rings. The van der Waals surface area contributed by atoms with E-state index in [0.29, 0.717) is 12.5 Å². The Balaban J connectivity index is 1.86. The average molecular weight is 247 g/mol. The van der Waals surface area contributed by atoms with Crippen LogP contribution >= 0.6 is 0 Å². The Labute approximate surface area is 108 Å². The van der Waals surface area contributed by atoms with E-state index in [2.05, 4.69) is 28.6 Å². The molecule has 0 bridgehead atoms. The summed E-state index contributed by atoms with van der Waals surface area (Å²) < 4.78 is 0. The normalized spacial score (nSPS) is 20.3. The zero-order valence-corrected chi connectivity index (χ0v) is 11.1. The number of nitrogens with one attached hydrogen (secondary N) is 2. The van der Waals surface area contributed by atoms with Crippen molar-refractivity contribution in [2.45, 2.75) is 45.7 Å². The van der Waals surface area contributed by atoms with Gasteiger partial charge in [0.05, 0.1) is 0 Å². The number of rotatable bonds is 3. The van der Waals surface area contributed by atoms with E-state index in [1.54, 1.807) is 0 Å². The van der Waals surface area contributed by atoms with Gasteiger partial charge in [0.25, 0.3) is 0 Å². The van der Waals surface area contributed by atoms with Crippen molar-refractivity contribution in [1.82, 2.24) is 15.6 Å². The van der Waals surface area contributed by atoms with E-state index in [1.807, 2.05) is 13.1 Å². The molecule has 2 rings (SSSR count). The maximum atomic E-state index is 11.2. The molecular weight excluding hydrogens is 226 g/mol. The number of carbonyl (C=O) groups is 1. The van der Waals surface area contributed by atoms with Gasteiger partial charge in [0.2, 0.25) is 5.91 Å². The largest absolute Gasteiger partial charge is 0.356 e. The second kappa shape index (κ2) is 5.96. The summed E-state index contributed by atoms with van der Waals surface area (Å²) >= 11 is 0. The summed E-state index contributed by atoms with van der Waals surface area (Å²) in [5, 5.41) is 6.41. The molecule has 0 aromatic carbocycles. The molecule has 2 N–H and O–H groups in total. The maximum Gasteiger partial charge on any atom is 0.220 e. The summed E-state index contributed by atoms with van der Waals surface area (Å²) in [6.07, 6.45) is 4.48. The molecule has 0 saturated carbocycles. The number of hydrogen-bond donors (Lipinski definition) is 2. The lowest BCUT2D eigenvalue weighted by atomic mass is 10.1. The Kier molecular flexibility index (Phi) is 4.31. The van der Waals surface area contributed by atoms with Crippen molar-refractivity contribution >= 4 is 5.91 Å². The van der Waals surface area contributed by atoms with Crippen LogP contribution < -0.4 is 10.6 Å². The number of amides is 1. The van der Waals surface area contributed by atoms with E-state index < -0.39 is 0 Å². The lowest BCUT2D eigenvalue weighted by molar-refractivity contribution is -0.120. The third-order valence-electron chi connectivity index (χ3n) is 3.53. The number of aromatic nitrogens is 1. The van der Waals surface area contributed by atoms with Crippen LogP contribution in [0.1, 0.15) is 36.1 Å². The zero-order valence-electron chi connectivity index (χ0n) is 11.1. The molecule has 1 aliphatic heterocycles. The molecule has 1 atom stereocenters. The molecule has 0 spiro atoms. The minimum atomic E-state index is 0.173. The van der Waals surface area contributed by atoms with Crippen molar-refractivity contribution in [2.24, 2.45) is 0 Å². The van der Waals surface area contributed by atoms with E-state index >= 15 is 0 Å². The van der Waals surface area contributed by atoms with Crippen LogP contribution in [0.2, 0.25) is 0 Å². The van der Waals surface area contributed by atoms with Crippen molar-refractivity contribution < 1.29 is 4.79 Å². The Morgan fingerprint density at radius 2 is 2.28 bits per heavy atom. The van der Waals surface area contributed by atoms with Crippen molar-refractivity contribution in [2.75, 3.05) is 6.54 Å². The van der Waals surface area contributed by atoms with Gasteiger partial charge in [-0.25, -0.2) is 0 Å². The molecule has 1 aromatic rings. The van der Waals surface area contributed by atoms with E-state index in [9.17, 15) is 4.79 Å². The van der Waals surface area contributed by atoms with Crippen LogP contribution in [0.5, 0.6) is 0 Å². The van der Waals surface area contributed by atoms with Crippen molar-refractivity contribution in [1.29, 1.82) is 0 Å².